The molecule has 2 rings (SSSR count). The van der Waals surface area contributed by atoms with E-state index >= 15 is 0 Å². The molecule has 4 N–H and O–H groups in total. The van der Waals surface area contributed by atoms with Crippen LogP contribution in [0.2, 0.25) is 0 Å². The maximum absolute atomic E-state index is 11.9. The average molecular weight is 270 g/mol. The van der Waals surface area contributed by atoms with Crippen LogP contribution in [0.4, 0.5) is 0 Å². The molecule has 0 aromatic heterocycles. The first kappa shape index (κ1) is 16.0. The Bertz CT molecular complexity index is 226. The quantitative estimate of drug-likeness (QED) is 0.729. The fourth-order valence-electron chi connectivity index (χ4n) is 2.32. The molecule has 0 aromatic rings. The standard InChI is InChI=1S/C10H19N3O.2ClH/c11-8-3-1-7(2-4-8)10(14)13-5-9(12)6-13;;/h7-9H,1-6,11-12H2;2*1H. The highest BCUT2D eigenvalue weighted by Gasteiger charge is 2.33. The van der Waals surface area contributed by atoms with Gasteiger partial charge in [-0.3, -0.25) is 4.79 Å². The molecule has 1 saturated carbocycles. The summed E-state index contributed by atoms with van der Waals surface area (Å²) in [5.41, 5.74) is 11.4. The van der Waals surface area contributed by atoms with Gasteiger partial charge < -0.3 is 16.4 Å². The molecule has 1 aliphatic carbocycles. The van der Waals surface area contributed by atoms with Crippen molar-refractivity contribution in [3.05, 3.63) is 0 Å². The van der Waals surface area contributed by atoms with E-state index in [-0.39, 0.29) is 36.8 Å². The smallest absolute Gasteiger partial charge is 0.225 e. The predicted octanol–water partition coefficient (Wildman–Crippen LogP) is 0.517. The lowest BCUT2D eigenvalue weighted by Crippen LogP contribution is -2.59. The van der Waals surface area contributed by atoms with Gasteiger partial charge in [0.1, 0.15) is 0 Å². The van der Waals surface area contributed by atoms with Crippen LogP contribution >= 0.6 is 24.8 Å². The van der Waals surface area contributed by atoms with E-state index in [1.807, 2.05) is 4.90 Å². The van der Waals surface area contributed by atoms with Crippen LogP contribution in [0.1, 0.15) is 25.7 Å². The SMILES string of the molecule is Cl.Cl.NC1CCC(C(=O)N2CC(N)C2)CC1. The van der Waals surface area contributed by atoms with Crippen molar-refractivity contribution < 1.29 is 4.79 Å². The van der Waals surface area contributed by atoms with Crippen LogP contribution in [-0.4, -0.2) is 36.0 Å². The van der Waals surface area contributed by atoms with Gasteiger partial charge in [-0.25, -0.2) is 0 Å². The Morgan fingerprint density at radius 1 is 0.938 bits per heavy atom. The Balaban J connectivity index is 0.00000112. The Kier molecular flexibility index (Phi) is 6.63. The molecule has 1 heterocycles. The molecule has 1 amide bonds. The highest BCUT2D eigenvalue weighted by molar-refractivity contribution is 5.85. The topological polar surface area (TPSA) is 72.4 Å². The minimum absolute atomic E-state index is 0. The molecule has 0 unspecified atom stereocenters. The lowest BCUT2D eigenvalue weighted by Gasteiger charge is -2.40. The summed E-state index contributed by atoms with van der Waals surface area (Å²) in [7, 11) is 0. The average Bonchev–Trinajstić information content (AvgIpc) is 2.13. The molecule has 4 nitrogen and oxygen atoms in total. The maximum Gasteiger partial charge on any atom is 0.225 e. The summed E-state index contributed by atoms with van der Waals surface area (Å²) in [6.45, 7) is 1.50. The summed E-state index contributed by atoms with van der Waals surface area (Å²) in [4.78, 5) is 13.7. The van der Waals surface area contributed by atoms with Gasteiger partial charge >= 0.3 is 0 Å². The summed E-state index contributed by atoms with van der Waals surface area (Å²) in [6.07, 6.45) is 3.92. The second kappa shape index (κ2) is 6.64. The van der Waals surface area contributed by atoms with E-state index < -0.39 is 0 Å². The van der Waals surface area contributed by atoms with Gasteiger partial charge in [0, 0.05) is 31.1 Å². The van der Waals surface area contributed by atoms with Gasteiger partial charge in [0.2, 0.25) is 5.91 Å². The molecule has 0 aromatic carbocycles. The van der Waals surface area contributed by atoms with Gasteiger partial charge in [-0.05, 0) is 25.7 Å². The van der Waals surface area contributed by atoms with Crippen LogP contribution in [0, 0.1) is 5.92 Å². The molecular weight excluding hydrogens is 249 g/mol. The molecule has 1 aliphatic heterocycles. The van der Waals surface area contributed by atoms with Gasteiger partial charge in [-0.15, -0.1) is 24.8 Å². The van der Waals surface area contributed by atoms with Crippen molar-refractivity contribution in [2.75, 3.05) is 13.1 Å². The van der Waals surface area contributed by atoms with Crippen molar-refractivity contribution in [2.24, 2.45) is 17.4 Å². The Morgan fingerprint density at radius 2 is 1.44 bits per heavy atom. The van der Waals surface area contributed by atoms with Crippen LogP contribution in [-0.2, 0) is 4.79 Å². The second-order valence-electron chi connectivity index (χ2n) is 4.62. The van der Waals surface area contributed by atoms with E-state index in [1.165, 1.54) is 0 Å². The number of amides is 1. The third kappa shape index (κ3) is 3.48. The van der Waals surface area contributed by atoms with Gasteiger partial charge in [0.25, 0.3) is 0 Å². The molecule has 0 radical (unpaired) electrons. The van der Waals surface area contributed by atoms with E-state index in [0.29, 0.717) is 11.9 Å². The van der Waals surface area contributed by atoms with Gasteiger partial charge in [0.05, 0.1) is 0 Å². The maximum atomic E-state index is 11.9. The van der Waals surface area contributed by atoms with Gasteiger partial charge in [-0.2, -0.15) is 0 Å². The van der Waals surface area contributed by atoms with E-state index in [2.05, 4.69) is 0 Å². The monoisotopic (exact) mass is 269 g/mol. The first-order valence-corrected chi connectivity index (χ1v) is 5.47. The zero-order valence-electron chi connectivity index (χ0n) is 9.30. The Morgan fingerprint density at radius 3 is 1.88 bits per heavy atom. The van der Waals surface area contributed by atoms with E-state index in [0.717, 1.165) is 38.8 Å². The number of hydrogen-bond acceptors (Lipinski definition) is 3. The lowest BCUT2D eigenvalue weighted by molar-refractivity contribution is -0.141. The van der Waals surface area contributed by atoms with Crippen molar-refractivity contribution in [3.63, 3.8) is 0 Å². The fourth-order valence-corrected chi connectivity index (χ4v) is 2.32. The number of rotatable bonds is 1. The van der Waals surface area contributed by atoms with E-state index in [9.17, 15) is 4.79 Å². The molecule has 0 spiro atoms. The van der Waals surface area contributed by atoms with Gasteiger partial charge in [0.15, 0.2) is 0 Å². The number of likely N-dealkylation sites (tertiary alicyclic amines) is 1. The first-order chi connectivity index (χ1) is 6.66. The molecule has 0 bridgehead atoms. The summed E-state index contributed by atoms with van der Waals surface area (Å²) in [5.74, 6) is 0.529. The minimum atomic E-state index is 0. The van der Waals surface area contributed by atoms with E-state index in [1.54, 1.807) is 0 Å². The zero-order chi connectivity index (χ0) is 10.1. The lowest BCUT2D eigenvalue weighted by atomic mass is 9.85. The van der Waals surface area contributed by atoms with Crippen LogP contribution < -0.4 is 11.5 Å². The van der Waals surface area contributed by atoms with Crippen molar-refractivity contribution in [1.29, 1.82) is 0 Å². The Hall–Kier alpha value is -0.0300. The largest absolute Gasteiger partial charge is 0.339 e. The fraction of sp³-hybridized carbons (Fsp3) is 0.900. The van der Waals surface area contributed by atoms with Gasteiger partial charge in [-0.1, -0.05) is 0 Å². The Labute approximate surface area is 109 Å². The van der Waals surface area contributed by atoms with Crippen LogP contribution in [0.5, 0.6) is 0 Å². The molecule has 6 heteroatoms. The summed E-state index contributed by atoms with van der Waals surface area (Å²) >= 11 is 0. The van der Waals surface area contributed by atoms with Crippen LogP contribution in [0.15, 0.2) is 0 Å². The molecule has 2 aliphatic rings. The normalized spacial score (nSPS) is 29.8. The molecule has 1 saturated heterocycles. The summed E-state index contributed by atoms with van der Waals surface area (Å²) < 4.78 is 0. The number of hydrogen-bond donors (Lipinski definition) is 2. The predicted molar refractivity (Wildman–Crippen MR) is 69.0 cm³/mol. The minimum Gasteiger partial charge on any atom is -0.339 e. The van der Waals surface area contributed by atoms with Crippen molar-refractivity contribution >= 4 is 30.7 Å². The second-order valence-corrected chi connectivity index (χ2v) is 4.62. The molecule has 2 fully saturated rings. The third-order valence-electron chi connectivity index (χ3n) is 3.34. The molecular formula is C10H21Cl2N3O. The highest BCUT2D eigenvalue weighted by atomic mass is 35.5. The molecule has 16 heavy (non-hydrogen) atoms. The highest BCUT2D eigenvalue weighted by Crippen LogP contribution is 2.26. The summed E-state index contributed by atoms with van der Waals surface area (Å²) in [6, 6.07) is 0.530. The van der Waals surface area contributed by atoms with Crippen molar-refractivity contribution in [3.8, 4) is 0 Å². The molecule has 0 atom stereocenters. The number of carbonyl (C=O) groups excluding carboxylic acids is 1. The van der Waals surface area contributed by atoms with Crippen molar-refractivity contribution in [1.82, 2.24) is 4.90 Å². The van der Waals surface area contributed by atoms with E-state index in [4.69, 9.17) is 11.5 Å². The molecule has 96 valence electrons. The van der Waals surface area contributed by atoms with Crippen molar-refractivity contribution in [2.45, 2.75) is 37.8 Å². The third-order valence-corrected chi connectivity index (χ3v) is 3.34. The number of nitrogens with two attached hydrogens (primary N) is 2. The van der Waals surface area contributed by atoms with Crippen LogP contribution in [0.3, 0.4) is 0 Å². The van der Waals surface area contributed by atoms with Crippen LogP contribution in [0.25, 0.3) is 0 Å². The summed E-state index contributed by atoms with van der Waals surface area (Å²) in [5, 5.41) is 0. The first-order valence-electron chi connectivity index (χ1n) is 5.47. The number of halogens is 2. The number of nitrogens with zero attached hydrogens (tertiary/aromatic N) is 1. The number of carbonyl (C=O) groups is 1. The zero-order valence-corrected chi connectivity index (χ0v) is 10.9.